The molecule has 13 heteroatoms. The normalized spacial score (nSPS) is 21.8. The number of halogens is 1. The highest BCUT2D eigenvalue weighted by Gasteiger charge is 2.48. The molecule has 2 unspecified atom stereocenters. The molecule has 6 atom stereocenters. The van der Waals surface area contributed by atoms with Crippen molar-refractivity contribution in [2.24, 2.45) is 11.7 Å². The molecular formula is C28H40ClNO11. The summed E-state index contributed by atoms with van der Waals surface area (Å²) < 4.78 is 27.8. The second-order valence-corrected chi connectivity index (χ2v) is 10.3. The van der Waals surface area contributed by atoms with E-state index in [2.05, 4.69) is 0 Å². The van der Waals surface area contributed by atoms with E-state index in [1.165, 1.54) is 18.2 Å². The molecule has 1 aromatic rings. The second-order valence-electron chi connectivity index (χ2n) is 9.80. The van der Waals surface area contributed by atoms with Gasteiger partial charge in [-0.2, -0.15) is 0 Å². The van der Waals surface area contributed by atoms with E-state index in [1.807, 2.05) is 6.92 Å². The van der Waals surface area contributed by atoms with Gasteiger partial charge < -0.3 is 39.6 Å². The minimum atomic E-state index is -1.47. The fraction of sp³-hybridized carbons (Fsp3) is 0.643. The summed E-state index contributed by atoms with van der Waals surface area (Å²) in [6.45, 7) is 5.10. The maximum Gasteiger partial charge on any atom is 0.325 e. The first-order valence-corrected chi connectivity index (χ1v) is 14.2. The number of ether oxygens (including phenoxy) is 5. The van der Waals surface area contributed by atoms with Crippen LogP contribution in [0.2, 0.25) is 0 Å². The highest BCUT2D eigenvalue weighted by atomic mass is 35.5. The molecule has 12 nitrogen and oxygen atoms in total. The summed E-state index contributed by atoms with van der Waals surface area (Å²) in [5, 5.41) is 18.4. The second kappa shape index (κ2) is 17.0. The van der Waals surface area contributed by atoms with E-state index in [-0.39, 0.29) is 50.4 Å². The number of benzene rings is 1. The van der Waals surface area contributed by atoms with Crippen molar-refractivity contribution in [2.75, 3.05) is 13.2 Å². The van der Waals surface area contributed by atoms with Crippen LogP contribution in [0.1, 0.15) is 76.7 Å². The Morgan fingerprint density at radius 2 is 1.51 bits per heavy atom. The lowest BCUT2D eigenvalue weighted by molar-refractivity contribution is -0.267. The van der Waals surface area contributed by atoms with Gasteiger partial charge in [0.05, 0.1) is 17.9 Å². The molecule has 0 bridgehead atoms. The van der Waals surface area contributed by atoms with Crippen molar-refractivity contribution in [3.8, 4) is 11.5 Å². The maximum atomic E-state index is 13.0. The van der Waals surface area contributed by atoms with Gasteiger partial charge in [-0.3, -0.25) is 19.2 Å². The number of alkyl halides is 1. The van der Waals surface area contributed by atoms with Gasteiger partial charge in [0, 0.05) is 19.3 Å². The third-order valence-electron chi connectivity index (χ3n) is 6.24. The van der Waals surface area contributed by atoms with E-state index in [9.17, 15) is 29.4 Å². The largest absolute Gasteiger partial charge is 0.504 e. The van der Waals surface area contributed by atoms with E-state index in [4.69, 9.17) is 41.0 Å². The third kappa shape index (κ3) is 10.7. The summed E-state index contributed by atoms with van der Waals surface area (Å²) in [6, 6.07) is 2.73. The van der Waals surface area contributed by atoms with Crippen molar-refractivity contribution in [3.05, 3.63) is 23.8 Å². The van der Waals surface area contributed by atoms with Gasteiger partial charge in [-0.05, 0) is 43.4 Å². The average Bonchev–Trinajstić information content (AvgIpc) is 2.91. The lowest BCUT2D eigenvalue weighted by atomic mass is 9.95. The number of carbonyl (C=O) groups is 4. The van der Waals surface area contributed by atoms with Crippen LogP contribution < -0.4 is 5.73 Å². The first kappa shape index (κ1) is 34.1. The zero-order valence-corrected chi connectivity index (χ0v) is 24.3. The third-order valence-corrected chi connectivity index (χ3v) is 6.67. The summed E-state index contributed by atoms with van der Waals surface area (Å²) in [5.41, 5.74) is 6.46. The molecule has 1 heterocycles. The van der Waals surface area contributed by atoms with E-state index in [0.717, 1.165) is 0 Å². The summed E-state index contributed by atoms with van der Waals surface area (Å²) >= 11 is 6.38. The molecule has 0 amide bonds. The number of aromatic hydroxyl groups is 2. The molecule has 2 rings (SSSR count). The molecule has 0 spiro atoms. The van der Waals surface area contributed by atoms with Gasteiger partial charge in [-0.15, -0.1) is 11.6 Å². The van der Waals surface area contributed by atoms with Gasteiger partial charge in [-0.1, -0.05) is 26.8 Å². The topological polar surface area (TPSA) is 181 Å². The van der Waals surface area contributed by atoms with Crippen molar-refractivity contribution in [3.63, 3.8) is 0 Å². The van der Waals surface area contributed by atoms with Crippen LogP contribution in [0.5, 0.6) is 11.5 Å². The number of carbonyl (C=O) groups excluding carboxylic acids is 4. The fourth-order valence-corrected chi connectivity index (χ4v) is 4.39. The predicted octanol–water partition coefficient (Wildman–Crippen LogP) is 3.38. The van der Waals surface area contributed by atoms with E-state index in [1.54, 1.807) is 13.8 Å². The number of rotatable bonds is 15. The zero-order valence-electron chi connectivity index (χ0n) is 23.6. The molecule has 1 aromatic carbocycles. The number of phenols is 2. The van der Waals surface area contributed by atoms with Gasteiger partial charge in [0.1, 0.15) is 12.6 Å². The molecule has 41 heavy (non-hydrogen) atoms. The van der Waals surface area contributed by atoms with E-state index < -0.39 is 59.7 Å². The quantitative estimate of drug-likeness (QED) is 0.115. The molecule has 0 aromatic heterocycles. The number of nitrogens with two attached hydrogens (primary N) is 1. The van der Waals surface area contributed by atoms with Crippen LogP contribution in [0.4, 0.5) is 0 Å². The molecule has 1 aliphatic heterocycles. The Morgan fingerprint density at radius 1 is 0.927 bits per heavy atom. The maximum absolute atomic E-state index is 13.0. The number of esters is 4. The van der Waals surface area contributed by atoms with Gasteiger partial charge in [0.15, 0.2) is 17.6 Å². The lowest BCUT2D eigenvalue weighted by Gasteiger charge is -2.40. The average molecular weight is 602 g/mol. The van der Waals surface area contributed by atoms with Crippen LogP contribution in [0.25, 0.3) is 0 Å². The SMILES string of the molecule is CCCC(=O)OC[C@@H]1COC(OC(=O)[C@@H](N)CC(Cl)c2ccc(O)c(O)c2)[C@H](OC(=O)CCC)[C@H]1OC(=O)CCC. The molecule has 4 N–H and O–H groups in total. The summed E-state index contributed by atoms with van der Waals surface area (Å²) in [6.07, 6.45) is -2.15. The first-order chi connectivity index (χ1) is 19.5. The van der Waals surface area contributed by atoms with Gasteiger partial charge >= 0.3 is 23.9 Å². The molecule has 1 aliphatic rings. The molecule has 1 fully saturated rings. The molecule has 0 saturated carbocycles. The van der Waals surface area contributed by atoms with Crippen molar-refractivity contribution in [1.29, 1.82) is 0 Å². The summed E-state index contributed by atoms with van der Waals surface area (Å²) in [4.78, 5) is 50.0. The Morgan fingerprint density at radius 3 is 2.10 bits per heavy atom. The van der Waals surface area contributed by atoms with Gasteiger partial charge in [0.2, 0.25) is 12.4 Å². The standard InChI is InChI=1S/C28H40ClNO11/c1-4-7-22(33)37-14-17-15-38-28(26(40-24(35)9-6-3)25(17)39-23(34)8-5-2)41-27(36)19(30)13-18(29)16-10-11-20(31)21(32)12-16/h10-12,17-19,25-26,28,31-32H,4-9,13-15,30H2,1-3H3/t17-,18?,19+,25+,26-,28?/m1/s1. The van der Waals surface area contributed by atoms with Crippen molar-refractivity contribution in [1.82, 2.24) is 0 Å². The minimum Gasteiger partial charge on any atom is -0.504 e. The van der Waals surface area contributed by atoms with Crippen molar-refractivity contribution >= 4 is 35.5 Å². The van der Waals surface area contributed by atoms with Crippen LogP contribution >= 0.6 is 11.6 Å². The van der Waals surface area contributed by atoms with E-state index in [0.29, 0.717) is 24.8 Å². The van der Waals surface area contributed by atoms with Gasteiger partial charge in [0.25, 0.3) is 0 Å². The molecule has 1 saturated heterocycles. The van der Waals surface area contributed by atoms with Crippen LogP contribution in [0, 0.1) is 5.92 Å². The van der Waals surface area contributed by atoms with E-state index >= 15 is 0 Å². The van der Waals surface area contributed by atoms with Crippen LogP contribution in [0.15, 0.2) is 18.2 Å². The number of phenolic OH excluding ortho intramolecular Hbond substituents is 2. The highest BCUT2D eigenvalue weighted by Crippen LogP contribution is 2.33. The van der Waals surface area contributed by atoms with Crippen molar-refractivity contribution < 1.29 is 53.1 Å². The smallest absolute Gasteiger partial charge is 0.325 e. The molecular weight excluding hydrogens is 562 g/mol. The Balaban J connectivity index is 2.22. The predicted molar refractivity (Wildman–Crippen MR) is 146 cm³/mol. The van der Waals surface area contributed by atoms with Gasteiger partial charge in [-0.25, -0.2) is 0 Å². The van der Waals surface area contributed by atoms with Crippen LogP contribution in [-0.2, 0) is 42.9 Å². The highest BCUT2D eigenvalue weighted by molar-refractivity contribution is 6.21. The first-order valence-electron chi connectivity index (χ1n) is 13.8. The summed E-state index contributed by atoms with van der Waals surface area (Å²) in [7, 11) is 0. The molecule has 230 valence electrons. The Labute approximate surface area is 244 Å². The van der Waals surface area contributed by atoms with Crippen LogP contribution in [-0.4, -0.2) is 71.8 Å². The number of hydrogen-bond acceptors (Lipinski definition) is 12. The number of hydrogen-bond donors (Lipinski definition) is 3. The van der Waals surface area contributed by atoms with Crippen molar-refractivity contribution in [2.45, 2.75) is 95.6 Å². The summed E-state index contributed by atoms with van der Waals surface area (Å²) in [5.74, 6) is -3.96. The van der Waals surface area contributed by atoms with Crippen LogP contribution in [0.3, 0.4) is 0 Å². The Kier molecular flexibility index (Phi) is 14.1. The molecule has 0 aliphatic carbocycles. The lowest BCUT2D eigenvalue weighted by Crippen LogP contribution is -2.57. The minimum absolute atomic E-state index is 0.0515. The molecule has 0 radical (unpaired) electrons. The monoisotopic (exact) mass is 601 g/mol. The fourth-order valence-electron chi connectivity index (χ4n) is 4.06. The zero-order chi connectivity index (χ0) is 30.5. The Hall–Kier alpha value is -3.09. The Bertz CT molecular complexity index is 1040.